The first-order chi connectivity index (χ1) is 17.7. The van der Waals surface area contributed by atoms with E-state index in [1.54, 1.807) is 18.5 Å². The molecule has 3 aromatic rings. The van der Waals surface area contributed by atoms with Gasteiger partial charge in [-0.05, 0) is 72.2 Å². The Labute approximate surface area is 219 Å². The lowest BCUT2D eigenvalue weighted by molar-refractivity contribution is 0.0962. The van der Waals surface area contributed by atoms with Gasteiger partial charge >= 0.3 is 0 Å². The molecule has 3 rings (SSSR count). The lowest BCUT2D eigenvalue weighted by Crippen LogP contribution is -2.31. The molecule has 0 fully saturated rings. The van der Waals surface area contributed by atoms with Crippen molar-refractivity contribution in [2.45, 2.75) is 40.5 Å². The number of aryl methyl sites for hydroxylation is 2. The Morgan fingerprint density at radius 3 is 2.16 bits per heavy atom. The van der Waals surface area contributed by atoms with Crippen LogP contribution in [0.4, 0.5) is 21.7 Å². The Kier molecular flexibility index (Phi) is 9.83. The second kappa shape index (κ2) is 13.0. The largest absolute Gasteiger partial charge is 0.494 e. The Morgan fingerprint density at radius 1 is 1.00 bits per heavy atom. The van der Waals surface area contributed by atoms with Gasteiger partial charge in [0.25, 0.3) is 5.91 Å². The highest BCUT2D eigenvalue weighted by atomic mass is 19.1. The zero-order valence-corrected chi connectivity index (χ0v) is 22.6. The van der Waals surface area contributed by atoms with Crippen molar-refractivity contribution in [2.75, 3.05) is 37.5 Å². The number of halogens is 1. The predicted octanol–water partition coefficient (Wildman–Crippen LogP) is 5.63. The van der Waals surface area contributed by atoms with Crippen LogP contribution in [0.5, 0.6) is 5.75 Å². The summed E-state index contributed by atoms with van der Waals surface area (Å²) in [4.78, 5) is 23.3. The fourth-order valence-corrected chi connectivity index (χ4v) is 4.14. The number of aromatic nitrogens is 2. The lowest BCUT2D eigenvalue weighted by Gasteiger charge is -2.28. The molecular weight excluding hydrogens is 469 g/mol. The van der Waals surface area contributed by atoms with E-state index < -0.39 is 5.82 Å². The average molecular weight is 508 g/mol. The first-order valence-corrected chi connectivity index (χ1v) is 12.7. The van der Waals surface area contributed by atoms with Crippen molar-refractivity contribution < 1.29 is 13.9 Å². The fraction of sp³-hybridized carbons (Fsp3) is 0.414. The van der Waals surface area contributed by atoms with Gasteiger partial charge in [0.1, 0.15) is 0 Å². The summed E-state index contributed by atoms with van der Waals surface area (Å²) >= 11 is 0. The van der Waals surface area contributed by atoms with Crippen LogP contribution in [-0.2, 0) is 12.8 Å². The van der Waals surface area contributed by atoms with Gasteiger partial charge in [0.2, 0.25) is 5.95 Å². The Hall–Kier alpha value is -3.68. The SMILES string of the molecule is CNC(=O)c1cc(CCc2cnc(Nc3ccc(N(CC(C)C)CC(C)C)cc3)nc2)c(F)c(OC)c1. The minimum absolute atomic E-state index is 0.0504. The highest BCUT2D eigenvalue weighted by Crippen LogP contribution is 2.25. The molecule has 1 aromatic heterocycles. The number of rotatable bonds is 12. The molecule has 0 aliphatic heterocycles. The van der Waals surface area contributed by atoms with E-state index >= 15 is 0 Å². The van der Waals surface area contributed by atoms with Crippen molar-refractivity contribution in [3.8, 4) is 5.75 Å². The molecule has 8 heteroatoms. The van der Waals surface area contributed by atoms with Crippen LogP contribution >= 0.6 is 0 Å². The number of methoxy groups -OCH3 is 1. The second-order valence-corrected chi connectivity index (χ2v) is 10.0. The summed E-state index contributed by atoms with van der Waals surface area (Å²) in [5.74, 6) is 0.960. The molecule has 0 unspecified atom stereocenters. The first kappa shape index (κ1) is 27.9. The molecule has 0 aliphatic rings. The summed E-state index contributed by atoms with van der Waals surface area (Å²) in [6.45, 7) is 11.0. The Balaban J connectivity index is 1.64. The predicted molar refractivity (Wildman–Crippen MR) is 147 cm³/mol. The summed E-state index contributed by atoms with van der Waals surface area (Å²) in [5.41, 5.74) is 3.74. The van der Waals surface area contributed by atoms with E-state index in [1.807, 2.05) is 12.1 Å². The van der Waals surface area contributed by atoms with E-state index in [9.17, 15) is 9.18 Å². The van der Waals surface area contributed by atoms with Crippen LogP contribution in [0, 0.1) is 17.7 Å². The summed E-state index contributed by atoms with van der Waals surface area (Å²) < 4.78 is 19.8. The number of hydrogen-bond acceptors (Lipinski definition) is 6. The van der Waals surface area contributed by atoms with Gasteiger partial charge in [0, 0.05) is 49.5 Å². The molecule has 0 spiro atoms. The van der Waals surface area contributed by atoms with Crippen LogP contribution in [0.1, 0.15) is 49.2 Å². The average Bonchev–Trinajstić information content (AvgIpc) is 2.88. The molecule has 0 saturated carbocycles. The van der Waals surface area contributed by atoms with Crippen molar-refractivity contribution in [3.63, 3.8) is 0 Å². The van der Waals surface area contributed by atoms with Gasteiger partial charge in [-0.3, -0.25) is 4.79 Å². The number of carbonyl (C=O) groups is 1. The van der Waals surface area contributed by atoms with Gasteiger partial charge in [-0.2, -0.15) is 0 Å². The van der Waals surface area contributed by atoms with Crippen LogP contribution in [0.25, 0.3) is 0 Å². The summed E-state index contributed by atoms with van der Waals surface area (Å²) in [5, 5.41) is 5.80. The number of nitrogens with zero attached hydrogens (tertiary/aromatic N) is 3. The minimum Gasteiger partial charge on any atom is -0.494 e. The van der Waals surface area contributed by atoms with Gasteiger partial charge in [0.05, 0.1) is 7.11 Å². The number of anilines is 3. The first-order valence-electron chi connectivity index (χ1n) is 12.7. The van der Waals surface area contributed by atoms with Gasteiger partial charge in [-0.15, -0.1) is 0 Å². The zero-order valence-electron chi connectivity index (χ0n) is 22.6. The number of hydrogen-bond donors (Lipinski definition) is 2. The highest BCUT2D eigenvalue weighted by molar-refractivity contribution is 5.94. The van der Waals surface area contributed by atoms with E-state index in [1.165, 1.54) is 25.9 Å². The molecule has 0 radical (unpaired) electrons. The third-order valence-electron chi connectivity index (χ3n) is 5.87. The van der Waals surface area contributed by atoms with E-state index in [4.69, 9.17) is 4.74 Å². The topological polar surface area (TPSA) is 79.4 Å². The van der Waals surface area contributed by atoms with Crippen LogP contribution in [0.3, 0.4) is 0 Å². The second-order valence-electron chi connectivity index (χ2n) is 10.0. The molecule has 2 N–H and O–H groups in total. The number of amides is 1. The van der Waals surface area contributed by atoms with Crippen LogP contribution < -0.4 is 20.3 Å². The van der Waals surface area contributed by atoms with Crippen molar-refractivity contribution in [2.24, 2.45) is 11.8 Å². The van der Waals surface area contributed by atoms with Gasteiger partial charge < -0.3 is 20.3 Å². The van der Waals surface area contributed by atoms with E-state index in [0.29, 0.717) is 41.8 Å². The lowest BCUT2D eigenvalue weighted by atomic mass is 10.0. The maximum Gasteiger partial charge on any atom is 0.251 e. The number of ether oxygens (including phenoxy) is 1. The molecule has 0 saturated heterocycles. The molecular formula is C29H38FN5O2. The van der Waals surface area contributed by atoms with Crippen molar-refractivity contribution in [3.05, 3.63) is 71.3 Å². The summed E-state index contributed by atoms with van der Waals surface area (Å²) in [6, 6.07) is 11.3. The normalized spacial score (nSPS) is 11.1. The fourth-order valence-electron chi connectivity index (χ4n) is 4.14. The van der Waals surface area contributed by atoms with Gasteiger partial charge in [-0.25, -0.2) is 14.4 Å². The van der Waals surface area contributed by atoms with E-state index in [0.717, 1.165) is 24.3 Å². The third kappa shape index (κ3) is 7.90. The van der Waals surface area contributed by atoms with Crippen LogP contribution in [0.2, 0.25) is 0 Å². The number of nitrogens with one attached hydrogen (secondary N) is 2. The van der Waals surface area contributed by atoms with Gasteiger partial charge in [0.15, 0.2) is 11.6 Å². The Bertz CT molecular complexity index is 1150. The van der Waals surface area contributed by atoms with Crippen molar-refractivity contribution in [1.29, 1.82) is 0 Å². The summed E-state index contributed by atoms with van der Waals surface area (Å²) in [7, 11) is 2.92. The van der Waals surface area contributed by atoms with E-state index in [-0.39, 0.29) is 11.7 Å². The van der Waals surface area contributed by atoms with Crippen molar-refractivity contribution >= 4 is 23.2 Å². The molecule has 198 valence electrons. The summed E-state index contributed by atoms with van der Waals surface area (Å²) in [6.07, 6.45) is 4.37. The van der Waals surface area contributed by atoms with Crippen LogP contribution in [0.15, 0.2) is 48.8 Å². The Morgan fingerprint density at radius 2 is 1.62 bits per heavy atom. The molecule has 7 nitrogen and oxygen atoms in total. The molecule has 2 aromatic carbocycles. The van der Waals surface area contributed by atoms with Crippen molar-refractivity contribution in [1.82, 2.24) is 15.3 Å². The molecule has 0 bridgehead atoms. The molecule has 37 heavy (non-hydrogen) atoms. The minimum atomic E-state index is -0.460. The van der Waals surface area contributed by atoms with Crippen LogP contribution in [-0.4, -0.2) is 43.1 Å². The smallest absolute Gasteiger partial charge is 0.251 e. The molecule has 0 atom stereocenters. The molecule has 1 heterocycles. The van der Waals surface area contributed by atoms with Gasteiger partial charge in [-0.1, -0.05) is 27.7 Å². The maximum atomic E-state index is 14.7. The number of benzene rings is 2. The molecule has 0 aliphatic carbocycles. The number of carbonyl (C=O) groups excluding carboxylic acids is 1. The standard InChI is InChI=1S/C29H38FN5O2/c1-19(2)17-35(18-20(3)4)25-11-9-24(10-12-25)34-29-32-15-21(16-33-29)7-8-22-13-23(28(36)31-5)14-26(37-6)27(22)30/h9-16,19-20H,7-8,17-18H2,1-6H3,(H,31,36)(H,32,33,34). The molecule has 1 amide bonds. The highest BCUT2D eigenvalue weighted by Gasteiger charge is 2.15. The third-order valence-corrected chi connectivity index (χ3v) is 5.87. The monoisotopic (exact) mass is 507 g/mol. The quantitative estimate of drug-likeness (QED) is 0.331. The van der Waals surface area contributed by atoms with E-state index in [2.05, 4.69) is 65.3 Å². The zero-order chi connectivity index (χ0) is 26.9. The maximum absolute atomic E-state index is 14.7.